The molecule has 1 N–H and O–H groups in total. The largest absolute Gasteiger partial charge is 0.453 e. The number of carbonyl (C=O) groups is 1. The van der Waals surface area contributed by atoms with Crippen molar-refractivity contribution in [2.75, 3.05) is 7.11 Å². The predicted molar refractivity (Wildman–Crippen MR) is 47.2 cm³/mol. The van der Waals surface area contributed by atoms with Gasteiger partial charge in [0.2, 0.25) is 0 Å². The van der Waals surface area contributed by atoms with Crippen LogP contribution in [0.5, 0.6) is 0 Å². The number of methoxy groups -OCH3 is 1. The molecule has 1 heterocycles. The number of aromatic nitrogens is 2. The number of alkyl carbamates (subject to hydrolysis) is 1. The van der Waals surface area contributed by atoms with E-state index in [1.165, 1.54) is 7.11 Å². The van der Waals surface area contributed by atoms with Crippen molar-refractivity contribution in [2.45, 2.75) is 19.5 Å². The maximum absolute atomic E-state index is 10.8. The Morgan fingerprint density at radius 3 is 3.08 bits per heavy atom. The van der Waals surface area contributed by atoms with Crippen LogP contribution in [0.3, 0.4) is 0 Å². The second-order valence-electron chi connectivity index (χ2n) is 2.80. The fourth-order valence-electron chi connectivity index (χ4n) is 1.02. The maximum atomic E-state index is 10.8. The number of nitrogens with zero attached hydrogens (tertiary/aromatic N) is 2. The standard InChI is InChI=1S/C8H13N3O2/c1-7(10-8(12)13-2)5-11-4-3-9-6-11/h3-4,6-7H,5H2,1-2H3,(H,10,12). The monoisotopic (exact) mass is 183 g/mol. The predicted octanol–water partition coefficient (Wildman–Crippen LogP) is 0.628. The van der Waals surface area contributed by atoms with Crippen molar-refractivity contribution in [3.05, 3.63) is 18.7 Å². The number of hydrogen-bond donors (Lipinski definition) is 1. The molecular formula is C8H13N3O2. The highest BCUT2D eigenvalue weighted by Crippen LogP contribution is 1.91. The minimum Gasteiger partial charge on any atom is -0.453 e. The Labute approximate surface area is 76.7 Å². The summed E-state index contributed by atoms with van der Waals surface area (Å²) in [5.74, 6) is 0. The van der Waals surface area contributed by atoms with Crippen LogP contribution >= 0.6 is 0 Å². The van der Waals surface area contributed by atoms with Crippen molar-refractivity contribution in [3.63, 3.8) is 0 Å². The topological polar surface area (TPSA) is 56.1 Å². The summed E-state index contributed by atoms with van der Waals surface area (Å²) in [6, 6.07) is 0.0293. The lowest BCUT2D eigenvalue weighted by Gasteiger charge is -2.12. The third kappa shape index (κ3) is 3.14. The molecular weight excluding hydrogens is 170 g/mol. The van der Waals surface area contributed by atoms with E-state index in [9.17, 15) is 4.79 Å². The quantitative estimate of drug-likeness (QED) is 0.747. The minimum atomic E-state index is -0.410. The molecule has 0 aliphatic rings. The smallest absolute Gasteiger partial charge is 0.407 e. The van der Waals surface area contributed by atoms with E-state index in [1.807, 2.05) is 17.7 Å². The molecule has 72 valence electrons. The van der Waals surface area contributed by atoms with Crippen LogP contribution < -0.4 is 5.32 Å². The molecule has 1 rings (SSSR count). The van der Waals surface area contributed by atoms with E-state index in [1.54, 1.807) is 12.5 Å². The molecule has 0 aliphatic carbocycles. The first-order valence-electron chi connectivity index (χ1n) is 4.02. The summed E-state index contributed by atoms with van der Waals surface area (Å²) < 4.78 is 6.35. The fraction of sp³-hybridized carbons (Fsp3) is 0.500. The van der Waals surface area contributed by atoms with Gasteiger partial charge in [-0.25, -0.2) is 9.78 Å². The second kappa shape index (κ2) is 4.49. The van der Waals surface area contributed by atoms with Crippen molar-refractivity contribution in [1.29, 1.82) is 0 Å². The van der Waals surface area contributed by atoms with Crippen LogP contribution in [0.2, 0.25) is 0 Å². The van der Waals surface area contributed by atoms with Crippen LogP contribution in [-0.2, 0) is 11.3 Å². The summed E-state index contributed by atoms with van der Waals surface area (Å²) in [6.07, 6.45) is 4.84. The Kier molecular flexibility index (Phi) is 3.31. The van der Waals surface area contributed by atoms with Gasteiger partial charge in [-0.05, 0) is 6.92 Å². The summed E-state index contributed by atoms with van der Waals surface area (Å²) in [6.45, 7) is 2.59. The molecule has 1 amide bonds. The van der Waals surface area contributed by atoms with E-state index in [0.29, 0.717) is 6.54 Å². The van der Waals surface area contributed by atoms with E-state index in [-0.39, 0.29) is 6.04 Å². The molecule has 0 saturated carbocycles. The van der Waals surface area contributed by atoms with Crippen LogP contribution in [0.4, 0.5) is 4.79 Å². The van der Waals surface area contributed by atoms with Crippen LogP contribution in [0.1, 0.15) is 6.92 Å². The van der Waals surface area contributed by atoms with Gasteiger partial charge in [0, 0.05) is 25.0 Å². The molecule has 1 unspecified atom stereocenters. The van der Waals surface area contributed by atoms with E-state index in [4.69, 9.17) is 0 Å². The first-order chi connectivity index (χ1) is 6.22. The zero-order valence-corrected chi connectivity index (χ0v) is 7.73. The van der Waals surface area contributed by atoms with Gasteiger partial charge in [0.25, 0.3) is 0 Å². The first-order valence-corrected chi connectivity index (χ1v) is 4.02. The molecule has 5 nitrogen and oxygen atoms in total. The third-order valence-electron chi connectivity index (χ3n) is 1.59. The highest BCUT2D eigenvalue weighted by Gasteiger charge is 2.06. The molecule has 0 saturated heterocycles. The number of ether oxygens (including phenoxy) is 1. The van der Waals surface area contributed by atoms with Gasteiger partial charge in [0.1, 0.15) is 0 Å². The van der Waals surface area contributed by atoms with Crippen LogP contribution in [0, 0.1) is 0 Å². The second-order valence-corrected chi connectivity index (χ2v) is 2.80. The number of nitrogens with one attached hydrogen (secondary N) is 1. The summed E-state index contributed by atoms with van der Waals surface area (Å²) >= 11 is 0. The van der Waals surface area contributed by atoms with Gasteiger partial charge in [-0.1, -0.05) is 0 Å². The van der Waals surface area contributed by atoms with Crippen molar-refractivity contribution in [3.8, 4) is 0 Å². The van der Waals surface area contributed by atoms with Crippen LogP contribution in [-0.4, -0.2) is 28.8 Å². The molecule has 0 radical (unpaired) electrons. The number of hydrogen-bond acceptors (Lipinski definition) is 3. The Bertz CT molecular complexity index is 258. The zero-order valence-electron chi connectivity index (χ0n) is 7.73. The van der Waals surface area contributed by atoms with Gasteiger partial charge in [-0.15, -0.1) is 0 Å². The number of carbonyl (C=O) groups excluding carboxylic acids is 1. The third-order valence-corrected chi connectivity index (χ3v) is 1.59. The average molecular weight is 183 g/mol. The molecule has 0 aliphatic heterocycles. The minimum absolute atomic E-state index is 0.0293. The fourth-order valence-corrected chi connectivity index (χ4v) is 1.02. The van der Waals surface area contributed by atoms with Gasteiger partial charge in [-0.2, -0.15) is 0 Å². The highest BCUT2D eigenvalue weighted by atomic mass is 16.5. The summed E-state index contributed by atoms with van der Waals surface area (Å²) in [5.41, 5.74) is 0. The Balaban J connectivity index is 2.33. The molecule has 0 spiro atoms. The molecule has 13 heavy (non-hydrogen) atoms. The van der Waals surface area contributed by atoms with E-state index in [0.717, 1.165) is 0 Å². The molecule has 0 aromatic carbocycles. The Morgan fingerprint density at radius 1 is 1.77 bits per heavy atom. The molecule has 5 heteroatoms. The summed E-state index contributed by atoms with van der Waals surface area (Å²) in [4.78, 5) is 14.7. The van der Waals surface area contributed by atoms with Gasteiger partial charge in [0.05, 0.1) is 13.4 Å². The average Bonchev–Trinajstić information content (AvgIpc) is 2.56. The van der Waals surface area contributed by atoms with Gasteiger partial charge in [-0.3, -0.25) is 0 Å². The first kappa shape index (κ1) is 9.57. The van der Waals surface area contributed by atoms with Crippen molar-refractivity contribution >= 4 is 6.09 Å². The van der Waals surface area contributed by atoms with Crippen LogP contribution in [0.15, 0.2) is 18.7 Å². The molecule has 0 bridgehead atoms. The number of rotatable bonds is 3. The normalized spacial score (nSPS) is 12.2. The van der Waals surface area contributed by atoms with Crippen molar-refractivity contribution in [2.24, 2.45) is 0 Å². The number of amides is 1. The Morgan fingerprint density at radius 2 is 2.54 bits per heavy atom. The lowest BCUT2D eigenvalue weighted by molar-refractivity contribution is 0.166. The van der Waals surface area contributed by atoms with Gasteiger partial charge < -0.3 is 14.6 Å². The van der Waals surface area contributed by atoms with Crippen LogP contribution in [0.25, 0.3) is 0 Å². The SMILES string of the molecule is COC(=O)NC(C)Cn1ccnc1. The van der Waals surface area contributed by atoms with E-state index in [2.05, 4.69) is 15.0 Å². The zero-order chi connectivity index (χ0) is 9.68. The lowest BCUT2D eigenvalue weighted by Crippen LogP contribution is -2.35. The van der Waals surface area contributed by atoms with E-state index < -0.39 is 6.09 Å². The molecule has 1 aromatic heterocycles. The molecule has 1 atom stereocenters. The molecule has 1 aromatic rings. The number of imidazole rings is 1. The van der Waals surface area contributed by atoms with Gasteiger partial charge in [0.15, 0.2) is 0 Å². The maximum Gasteiger partial charge on any atom is 0.407 e. The summed E-state index contributed by atoms with van der Waals surface area (Å²) in [5, 5.41) is 2.66. The summed E-state index contributed by atoms with van der Waals surface area (Å²) in [7, 11) is 1.35. The Hall–Kier alpha value is -1.52. The van der Waals surface area contributed by atoms with E-state index >= 15 is 0 Å². The lowest BCUT2D eigenvalue weighted by atomic mass is 10.3. The highest BCUT2D eigenvalue weighted by molar-refractivity contribution is 5.67. The van der Waals surface area contributed by atoms with Crippen molar-refractivity contribution < 1.29 is 9.53 Å². The van der Waals surface area contributed by atoms with Gasteiger partial charge >= 0.3 is 6.09 Å². The van der Waals surface area contributed by atoms with Crippen molar-refractivity contribution in [1.82, 2.24) is 14.9 Å². The molecule has 0 fully saturated rings.